The Bertz CT molecular complexity index is 908. The second kappa shape index (κ2) is 9.03. The van der Waals surface area contributed by atoms with Crippen LogP contribution in [0.2, 0.25) is 0 Å². The Balaban J connectivity index is 2.16. The summed E-state index contributed by atoms with van der Waals surface area (Å²) in [5.74, 6) is 1.85. The van der Waals surface area contributed by atoms with Gasteiger partial charge < -0.3 is 13.9 Å². The molecule has 0 bridgehead atoms. The lowest BCUT2D eigenvalue weighted by Crippen LogP contribution is -2.14. The van der Waals surface area contributed by atoms with Crippen LogP contribution >= 0.6 is 0 Å². The van der Waals surface area contributed by atoms with Crippen LogP contribution in [0.4, 0.5) is 0 Å². The zero-order valence-corrected chi connectivity index (χ0v) is 17.1. The molecule has 2 aromatic carbocycles. The van der Waals surface area contributed by atoms with Gasteiger partial charge in [0.2, 0.25) is 0 Å². The number of carbonyl (C=O) groups excluding carboxylic acids is 1. The van der Waals surface area contributed by atoms with Gasteiger partial charge in [-0.15, -0.1) is 0 Å². The molecular formula is C25H28O3. The number of hydrogen-bond donors (Lipinski definition) is 0. The lowest BCUT2D eigenvalue weighted by atomic mass is 9.92. The van der Waals surface area contributed by atoms with Gasteiger partial charge in [0.15, 0.2) is 0 Å². The highest BCUT2D eigenvalue weighted by atomic mass is 16.5. The zero-order valence-electron chi connectivity index (χ0n) is 17.1. The summed E-state index contributed by atoms with van der Waals surface area (Å²) in [6.45, 7) is 7.70. The number of ether oxygens (including phenoxy) is 1. The highest BCUT2D eigenvalue weighted by Crippen LogP contribution is 2.40. The molecular weight excluding hydrogens is 348 g/mol. The Morgan fingerprint density at radius 2 is 1.61 bits per heavy atom. The van der Waals surface area contributed by atoms with E-state index in [1.54, 1.807) is 6.92 Å². The largest absolute Gasteiger partial charge is 0.461 e. The monoisotopic (exact) mass is 376 g/mol. The van der Waals surface area contributed by atoms with Gasteiger partial charge in [0.1, 0.15) is 23.4 Å². The van der Waals surface area contributed by atoms with Crippen molar-refractivity contribution in [1.29, 1.82) is 0 Å². The lowest BCUT2D eigenvalue weighted by Gasteiger charge is -2.22. The molecule has 0 spiro atoms. The van der Waals surface area contributed by atoms with Crippen LogP contribution in [0, 0.1) is 6.92 Å². The van der Waals surface area contributed by atoms with Crippen molar-refractivity contribution < 1.29 is 13.9 Å². The predicted octanol–water partition coefficient (Wildman–Crippen LogP) is 6.29. The summed E-state index contributed by atoms with van der Waals surface area (Å²) in [5.41, 5.74) is 4.21. The lowest BCUT2D eigenvalue weighted by molar-refractivity contribution is -0.116. The van der Waals surface area contributed by atoms with Gasteiger partial charge in [0.05, 0.1) is 6.10 Å². The molecule has 0 N–H and O–H groups in total. The molecule has 28 heavy (non-hydrogen) atoms. The fraction of sp³-hybridized carbons (Fsp3) is 0.320. The molecule has 146 valence electrons. The number of hydrogen-bond acceptors (Lipinski definition) is 3. The van der Waals surface area contributed by atoms with Gasteiger partial charge in [-0.25, -0.2) is 0 Å². The molecule has 1 heterocycles. The Hall–Kier alpha value is -2.65. The Morgan fingerprint density at radius 3 is 2.18 bits per heavy atom. The first-order valence-corrected chi connectivity index (χ1v) is 9.84. The second-order valence-corrected chi connectivity index (χ2v) is 7.42. The first-order valence-electron chi connectivity index (χ1n) is 9.84. The summed E-state index contributed by atoms with van der Waals surface area (Å²) < 4.78 is 12.6. The topological polar surface area (TPSA) is 39.4 Å². The summed E-state index contributed by atoms with van der Waals surface area (Å²) in [5, 5.41) is 0. The van der Waals surface area contributed by atoms with Gasteiger partial charge >= 0.3 is 0 Å². The van der Waals surface area contributed by atoms with E-state index in [2.05, 4.69) is 12.1 Å². The summed E-state index contributed by atoms with van der Waals surface area (Å²) in [7, 11) is 0. The van der Waals surface area contributed by atoms with Crippen LogP contribution in [-0.4, -0.2) is 11.9 Å². The van der Waals surface area contributed by atoms with Crippen molar-refractivity contribution in [2.75, 3.05) is 0 Å². The van der Waals surface area contributed by atoms with E-state index in [1.165, 1.54) is 0 Å². The molecule has 1 unspecified atom stereocenters. The zero-order chi connectivity index (χ0) is 20.1. The van der Waals surface area contributed by atoms with Crippen LogP contribution in [0.1, 0.15) is 55.7 Å². The molecule has 0 amide bonds. The SMILES string of the molecule is CC(=O)CCc1c(-c2ccccc2)oc(C)c1C(OC(C)C)c1ccccc1. The molecule has 3 aromatic rings. The van der Waals surface area contributed by atoms with E-state index < -0.39 is 0 Å². The van der Waals surface area contributed by atoms with Gasteiger partial charge in [-0.1, -0.05) is 60.7 Å². The minimum atomic E-state index is -0.232. The van der Waals surface area contributed by atoms with E-state index >= 15 is 0 Å². The molecule has 0 saturated carbocycles. The standard InChI is InChI=1S/C25H28O3/c1-17(2)27-25(21-13-9-6-10-14-21)23-19(4)28-24(20-11-7-5-8-12-20)22(23)16-15-18(3)26/h5-14,17,25H,15-16H2,1-4H3. The Morgan fingerprint density at radius 1 is 1.00 bits per heavy atom. The van der Waals surface area contributed by atoms with Crippen LogP contribution in [0.5, 0.6) is 0 Å². The number of ketones is 1. The highest BCUT2D eigenvalue weighted by molar-refractivity contribution is 5.76. The van der Waals surface area contributed by atoms with Gasteiger partial charge in [-0.3, -0.25) is 0 Å². The Labute approximate surface area is 167 Å². The molecule has 1 atom stereocenters. The van der Waals surface area contributed by atoms with Gasteiger partial charge in [-0.05, 0) is 39.7 Å². The van der Waals surface area contributed by atoms with Crippen molar-refractivity contribution in [3.63, 3.8) is 0 Å². The Kier molecular flexibility index (Phi) is 6.48. The van der Waals surface area contributed by atoms with Crippen LogP contribution in [0.3, 0.4) is 0 Å². The molecule has 3 rings (SSSR count). The van der Waals surface area contributed by atoms with E-state index in [-0.39, 0.29) is 18.0 Å². The smallest absolute Gasteiger partial charge is 0.137 e. The molecule has 1 aromatic heterocycles. The summed E-state index contributed by atoms with van der Waals surface area (Å²) in [4.78, 5) is 11.7. The van der Waals surface area contributed by atoms with Crippen molar-refractivity contribution in [3.8, 4) is 11.3 Å². The maximum Gasteiger partial charge on any atom is 0.137 e. The average molecular weight is 376 g/mol. The predicted molar refractivity (Wildman–Crippen MR) is 112 cm³/mol. The molecule has 3 nitrogen and oxygen atoms in total. The van der Waals surface area contributed by atoms with Gasteiger partial charge in [-0.2, -0.15) is 0 Å². The van der Waals surface area contributed by atoms with Crippen LogP contribution in [-0.2, 0) is 16.0 Å². The number of rotatable bonds is 8. The summed E-state index contributed by atoms with van der Waals surface area (Å²) >= 11 is 0. The number of carbonyl (C=O) groups is 1. The third-order valence-corrected chi connectivity index (χ3v) is 4.77. The molecule has 0 aliphatic heterocycles. The van der Waals surface area contributed by atoms with Crippen molar-refractivity contribution in [2.24, 2.45) is 0 Å². The third-order valence-electron chi connectivity index (χ3n) is 4.77. The maximum absolute atomic E-state index is 11.7. The van der Waals surface area contributed by atoms with Crippen molar-refractivity contribution in [2.45, 2.75) is 52.7 Å². The molecule has 0 saturated heterocycles. The van der Waals surface area contributed by atoms with E-state index in [9.17, 15) is 4.79 Å². The fourth-order valence-corrected chi connectivity index (χ4v) is 3.53. The number of furan rings is 1. The molecule has 0 aliphatic rings. The normalized spacial score (nSPS) is 12.3. The van der Waals surface area contributed by atoms with E-state index in [4.69, 9.17) is 9.15 Å². The third kappa shape index (κ3) is 4.60. The quantitative estimate of drug-likeness (QED) is 0.464. The van der Waals surface area contributed by atoms with E-state index in [0.717, 1.165) is 33.8 Å². The van der Waals surface area contributed by atoms with Crippen molar-refractivity contribution in [3.05, 3.63) is 83.1 Å². The highest BCUT2D eigenvalue weighted by Gasteiger charge is 2.28. The van der Waals surface area contributed by atoms with Crippen LogP contribution < -0.4 is 0 Å². The van der Waals surface area contributed by atoms with Crippen molar-refractivity contribution in [1.82, 2.24) is 0 Å². The maximum atomic E-state index is 11.7. The minimum absolute atomic E-state index is 0.0559. The second-order valence-electron chi connectivity index (χ2n) is 7.42. The van der Waals surface area contributed by atoms with Gasteiger partial charge in [0, 0.05) is 23.1 Å². The molecule has 0 radical (unpaired) electrons. The van der Waals surface area contributed by atoms with Crippen molar-refractivity contribution >= 4 is 5.78 Å². The van der Waals surface area contributed by atoms with E-state index in [1.807, 2.05) is 69.3 Å². The average Bonchev–Trinajstić information content (AvgIpc) is 3.01. The van der Waals surface area contributed by atoms with E-state index in [0.29, 0.717) is 12.8 Å². The number of Topliss-reactive ketones (excluding diaryl/α,β-unsaturated/α-hetero) is 1. The number of aryl methyl sites for hydroxylation is 1. The first kappa shape index (κ1) is 20.1. The fourth-order valence-electron chi connectivity index (χ4n) is 3.53. The summed E-state index contributed by atoms with van der Waals surface area (Å²) in [6, 6.07) is 20.3. The van der Waals surface area contributed by atoms with Gasteiger partial charge in [0.25, 0.3) is 0 Å². The number of benzene rings is 2. The first-order chi connectivity index (χ1) is 13.5. The molecule has 3 heteroatoms. The minimum Gasteiger partial charge on any atom is -0.461 e. The summed E-state index contributed by atoms with van der Waals surface area (Å²) in [6.07, 6.45) is 0.941. The molecule has 0 aliphatic carbocycles. The van der Waals surface area contributed by atoms with Crippen LogP contribution in [0.15, 0.2) is 65.1 Å². The molecule has 0 fully saturated rings. The van der Waals surface area contributed by atoms with Crippen LogP contribution in [0.25, 0.3) is 11.3 Å².